The lowest BCUT2D eigenvalue weighted by Gasteiger charge is -2.19. The van der Waals surface area contributed by atoms with E-state index in [2.05, 4.69) is 12.6 Å². The van der Waals surface area contributed by atoms with E-state index < -0.39 is 24.9 Å². The number of hydrogen-bond acceptors (Lipinski definition) is 5. The van der Waals surface area contributed by atoms with Crippen molar-refractivity contribution in [2.24, 2.45) is 0 Å². The van der Waals surface area contributed by atoms with E-state index in [9.17, 15) is 0 Å². The first-order chi connectivity index (χ1) is 4.63. The molecular formula is C5H12O4S. The van der Waals surface area contributed by atoms with Gasteiger partial charge >= 0.3 is 0 Å². The van der Waals surface area contributed by atoms with E-state index >= 15 is 0 Å². The number of aliphatic hydroxyl groups excluding tert-OH is 4. The summed E-state index contributed by atoms with van der Waals surface area (Å²) in [4.78, 5) is 0. The molecule has 0 aromatic rings. The molecule has 0 heterocycles. The molecule has 0 saturated heterocycles. The third-order valence-electron chi connectivity index (χ3n) is 1.16. The second kappa shape index (κ2) is 4.92. The van der Waals surface area contributed by atoms with Crippen molar-refractivity contribution in [2.75, 3.05) is 12.4 Å². The normalized spacial score (nSPS) is 20.1. The zero-order chi connectivity index (χ0) is 8.15. The van der Waals surface area contributed by atoms with Gasteiger partial charge in [-0.1, -0.05) is 0 Å². The summed E-state index contributed by atoms with van der Waals surface area (Å²) in [6, 6.07) is 0. The van der Waals surface area contributed by atoms with Gasteiger partial charge in [0, 0.05) is 5.75 Å². The molecule has 4 nitrogen and oxygen atoms in total. The molecule has 0 spiro atoms. The summed E-state index contributed by atoms with van der Waals surface area (Å²) in [6.07, 6.45) is -3.70. The van der Waals surface area contributed by atoms with Gasteiger partial charge in [-0.05, 0) is 0 Å². The maximum atomic E-state index is 8.88. The monoisotopic (exact) mass is 168 g/mol. The lowest BCUT2D eigenvalue weighted by atomic mass is 10.1. The van der Waals surface area contributed by atoms with Crippen molar-refractivity contribution in [1.82, 2.24) is 0 Å². The summed E-state index contributed by atoms with van der Waals surface area (Å²) in [5.74, 6) is 0.0538. The highest BCUT2D eigenvalue weighted by molar-refractivity contribution is 7.80. The Morgan fingerprint density at radius 3 is 1.90 bits per heavy atom. The molecule has 0 fully saturated rings. The van der Waals surface area contributed by atoms with Crippen LogP contribution < -0.4 is 0 Å². The van der Waals surface area contributed by atoms with Crippen molar-refractivity contribution < 1.29 is 20.4 Å². The smallest absolute Gasteiger partial charge is 0.109 e. The molecule has 5 heteroatoms. The Morgan fingerprint density at radius 2 is 1.60 bits per heavy atom. The largest absolute Gasteiger partial charge is 0.394 e. The second-order valence-electron chi connectivity index (χ2n) is 1.99. The van der Waals surface area contributed by atoms with E-state index in [0.29, 0.717) is 0 Å². The first kappa shape index (κ1) is 10.2. The summed E-state index contributed by atoms with van der Waals surface area (Å²) in [7, 11) is 0. The summed E-state index contributed by atoms with van der Waals surface area (Å²) in [6.45, 7) is -0.563. The van der Waals surface area contributed by atoms with Gasteiger partial charge in [0.25, 0.3) is 0 Å². The average Bonchev–Trinajstić information content (AvgIpc) is 2.00. The minimum Gasteiger partial charge on any atom is -0.394 e. The minimum atomic E-state index is -1.32. The molecule has 0 saturated carbocycles. The minimum absolute atomic E-state index is 0.0538. The number of thiol groups is 1. The van der Waals surface area contributed by atoms with Crippen LogP contribution in [-0.2, 0) is 0 Å². The van der Waals surface area contributed by atoms with Crippen LogP contribution in [0.25, 0.3) is 0 Å². The van der Waals surface area contributed by atoms with E-state index in [-0.39, 0.29) is 5.75 Å². The predicted molar refractivity (Wildman–Crippen MR) is 39.0 cm³/mol. The van der Waals surface area contributed by atoms with Crippen LogP contribution in [0.5, 0.6) is 0 Å². The van der Waals surface area contributed by atoms with Gasteiger partial charge in [0.2, 0.25) is 0 Å². The van der Waals surface area contributed by atoms with Crippen LogP contribution in [0, 0.1) is 0 Å². The van der Waals surface area contributed by atoms with Gasteiger partial charge < -0.3 is 20.4 Å². The summed E-state index contributed by atoms with van der Waals surface area (Å²) < 4.78 is 0. The van der Waals surface area contributed by atoms with Crippen LogP contribution >= 0.6 is 12.6 Å². The summed E-state index contributed by atoms with van der Waals surface area (Å²) in [5, 5.41) is 34.7. The van der Waals surface area contributed by atoms with Crippen molar-refractivity contribution in [2.45, 2.75) is 18.3 Å². The molecule has 10 heavy (non-hydrogen) atoms. The molecule has 62 valence electrons. The van der Waals surface area contributed by atoms with E-state index in [1.807, 2.05) is 0 Å². The predicted octanol–water partition coefficient (Wildman–Crippen LogP) is -2.01. The molecule has 0 aliphatic heterocycles. The lowest BCUT2D eigenvalue weighted by molar-refractivity contribution is -0.0682. The molecule has 0 amide bonds. The Kier molecular flexibility index (Phi) is 5.02. The summed E-state index contributed by atoms with van der Waals surface area (Å²) >= 11 is 3.69. The molecule has 0 bridgehead atoms. The fourth-order valence-electron chi connectivity index (χ4n) is 0.472. The summed E-state index contributed by atoms with van der Waals surface area (Å²) in [5.41, 5.74) is 0. The molecule has 4 N–H and O–H groups in total. The van der Waals surface area contributed by atoms with Crippen molar-refractivity contribution in [3.63, 3.8) is 0 Å². The highest BCUT2D eigenvalue weighted by atomic mass is 32.1. The Hall–Kier alpha value is 0.190. The Labute approximate surface area is 64.5 Å². The van der Waals surface area contributed by atoms with Crippen LogP contribution in [0.15, 0.2) is 0 Å². The number of hydrogen-bond donors (Lipinski definition) is 5. The van der Waals surface area contributed by atoms with E-state index in [1.54, 1.807) is 0 Å². The highest BCUT2D eigenvalue weighted by Gasteiger charge is 2.22. The van der Waals surface area contributed by atoms with Gasteiger partial charge in [0.05, 0.1) is 12.7 Å². The van der Waals surface area contributed by atoms with Crippen molar-refractivity contribution in [3.05, 3.63) is 0 Å². The van der Waals surface area contributed by atoms with E-state index in [1.165, 1.54) is 0 Å². The molecule has 0 radical (unpaired) electrons. The zero-order valence-corrected chi connectivity index (χ0v) is 6.28. The molecule has 0 aliphatic rings. The van der Waals surface area contributed by atoms with Crippen molar-refractivity contribution in [1.29, 1.82) is 0 Å². The first-order valence-electron chi connectivity index (χ1n) is 2.89. The second-order valence-corrected chi connectivity index (χ2v) is 2.36. The third-order valence-corrected chi connectivity index (χ3v) is 1.54. The molecule has 0 unspecified atom stereocenters. The van der Waals surface area contributed by atoms with Crippen LogP contribution in [-0.4, -0.2) is 51.1 Å². The highest BCUT2D eigenvalue weighted by Crippen LogP contribution is 2.00. The van der Waals surface area contributed by atoms with E-state index in [4.69, 9.17) is 20.4 Å². The zero-order valence-electron chi connectivity index (χ0n) is 5.38. The van der Waals surface area contributed by atoms with Crippen LogP contribution in [0.3, 0.4) is 0 Å². The van der Waals surface area contributed by atoms with E-state index in [0.717, 1.165) is 0 Å². The SMILES string of the molecule is OC[C@@H](O)[C@@H](O)[C@H](O)CS. The molecular weight excluding hydrogens is 156 g/mol. The average molecular weight is 168 g/mol. The molecule has 0 aromatic carbocycles. The molecule has 0 aromatic heterocycles. The third kappa shape index (κ3) is 2.85. The maximum absolute atomic E-state index is 8.88. The first-order valence-corrected chi connectivity index (χ1v) is 3.52. The van der Waals surface area contributed by atoms with Gasteiger partial charge in [0.1, 0.15) is 12.2 Å². The molecule has 0 aliphatic carbocycles. The topological polar surface area (TPSA) is 80.9 Å². The Balaban J connectivity index is 3.69. The van der Waals surface area contributed by atoms with Crippen molar-refractivity contribution >= 4 is 12.6 Å². The standard InChI is InChI=1S/C5H12O4S/c6-1-3(7)5(9)4(8)2-10/h3-10H,1-2H2/t3-,4-,5-/m1/s1. The number of aliphatic hydroxyl groups is 4. The van der Waals surface area contributed by atoms with Crippen LogP contribution in [0.4, 0.5) is 0 Å². The Bertz CT molecular complexity index is 79.7. The van der Waals surface area contributed by atoms with Crippen molar-refractivity contribution in [3.8, 4) is 0 Å². The Morgan fingerprint density at radius 1 is 1.10 bits per heavy atom. The fraction of sp³-hybridized carbons (Fsp3) is 1.00. The molecule has 0 rings (SSSR count). The molecule has 3 atom stereocenters. The van der Waals surface area contributed by atoms with Crippen LogP contribution in [0.2, 0.25) is 0 Å². The fourth-order valence-corrected chi connectivity index (χ4v) is 0.688. The van der Waals surface area contributed by atoms with Gasteiger partial charge in [0.15, 0.2) is 0 Å². The van der Waals surface area contributed by atoms with Crippen LogP contribution in [0.1, 0.15) is 0 Å². The van der Waals surface area contributed by atoms with Gasteiger partial charge in [-0.25, -0.2) is 0 Å². The van der Waals surface area contributed by atoms with Gasteiger partial charge in [-0.3, -0.25) is 0 Å². The maximum Gasteiger partial charge on any atom is 0.109 e. The lowest BCUT2D eigenvalue weighted by Crippen LogP contribution is -2.40. The number of rotatable bonds is 4. The quantitative estimate of drug-likeness (QED) is 0.314. The van der Waals surface area contributed by atoms with Gasteiger partial charge in [-0.2, -0.15) is 12.6 Å². The van der Waals surface area contributed by atoms with Gasteiger partial charge in [-0.15, -0.1) is 0 Å².